The van der Waals surface area contributed by atoms with Gasteiger partial charge in [0.1, 0.15) is 0 Å². The molecule has 1 aromatic carbocycles. The molecule has 1 amide bonds. The number of sulfonamides is 1. The molecule has 23 heavy (non-hydrogen) atoms. The van der Waals surface area contributed by atoms with Gasteiger partial charge < -0.3 is 9.42 Å². The maximum atomic E-state index is 12.6. The van der Waals surface area contributed by atoms with Crippen LogP contribution in [0.1, 0.15) is 16.1 Å². The van der Waals surface area contributed by atoms with Gasteiger partial charge in [0.15, 0.2) is 0 Å². The molecule has 1 aliphatic rings. The van der Waals surface area contributed by atoms with Crippen LogP contribution in [0.3, 0.4) is 0 Å². The molecule has 7 nitrogen and oxygen atoms in total. The number of benzene rings is 1. The number of carbonyl (C=O) groups excluding carboxylic acids is 1. The van der Waals surface area contributed by atoms with Gasteiger partial charge in [-0.05, 0) is 19.1 Å². The lowest BCUT2D eigenvalue weighted by molar-refractivity contribution is 0.0656. The lowest BCUT2D eigenvalue weighted by Crippen LogP contribution is -2.50. The molecule has 0 aliphatic carbocycles. The number of hydrogen-bond donors (Lipinski definition) is 0. The molecular formula is C15H17N3O4S. The van der Waals surface area contributed by atoms with Crippen LogP contribution in [0.25, 0.3) is 0 Å². The van der Waals surface area contributed by atoms with Crippen molar-refractivity contribution < 1.29 is 17.7 Å². The number of carbonyl (C=O) groups is 1. The Kier molecular flexibility index (Phi) is 4.18. The van der Waals surface area contributed by atoms with Crippen molar-refractivity contribution in [2.45, 2.75) is 11.8 Å². The normalized spacial score (nSPS) is 16.5. The van der Waals surface area contributed by atoms with E-state index in [9.17, 15) is 13.2 Å². The Labute approximate surface area is 134 Å². The van der Waals surface area contributed by atoms with E-state index in [1.807, 2.05) is 6.92 Å². The monoisotopic (exact) mass is 335 g/mol. The topological polar surface area (TPSA) is 83.7 Å². The number of aryl methyl sites for hydroxylation is 1. The molecular weight excluding hydrogens is 318 g/mol. The summed E-state index contributed by atoms with van der Waals surface area (Å²) >= 11 is 0. The first kappa shape index (κ1) is 15.7. The van der Waals surface area contributed by atoms with Crippen molar-refractivity contribution >= 4 is 15.9 Å². The van der Waals surface area contributed by atoms with E-state index in [0.717, 1.165) is 5.56 Å². The standard InChI is InChI=1S/C15H17N3O4S/c1-12-2-4-13(5-3-12)23(20,21)18-10-8-17(9-11-18)15(19)14-6-7-16-22-14/h2-7H,8-11H2,1H3. The van der Waals surface area contributed by atoms with Gasteiger partial charge in [-0.15, -0.1) is 0 Å². The number of nitrogens with zero attached hydrogens (tertiary/aromatic N) is 3. The van der Waals surface area contributed by atoms with Crippen LogP contribution in [-0.4, -0.2) is 54.9 Å². The van der Waals surface area contributed by atoms with Crippen LogP contribution in [0, 0.1) is 6.92 Å². The van der Waals surface area contributed by atoms with Crippen molar-refractivity contribution in [2.75, 3.05) is 26.2 Å². The summed E-state index contributed by atoms with van der Waals surface area (Å²) in [4.78, 5) is 14.0. The Morgan fingerprint density at radius 2 is 1.74 bits per heavy atom. The summed E-state index contributed by atoms with van der Waals surface area (Å²) in [6.07, 6.45) is 1.41. The average Bonchev–Trinajstić information content (AvgIpc) is 3.09. The van der Waals surface area contributed by atoms with Gasteiger partial charge in [0.2, 0.25) is 15.8 Å². The number of amides is 1. The predicted molar refractivity (Wildman–Crippen MR) is 82.3 cm³/mol. The molecule has 8 heteroatoms. The molecule has 0 bridgehead atoms. The second-order valence-corrected chi connectivity index (χ2v) is 7.32. The van der Waals surface area contributed by atoms with E-state index in [-0.39, 0.29) is 29.7 Å². The molecule has 0 N–H and O–H groups in total. The Morgan fingerprint density at radius 3 is 2.30 bits per heavy atom. The highest BCUT2D eigenvalue weighted by Gasteiger charge is 2.31. The van der Waals surface area contributed by atoms with Gasteiger partial charge in [-0.1, -0.05) is 22.9 Å². The van der Waals surface area contributed by atoms with E-state index in [4.69, 9.17) is 4.52 Å². The molecule has 1 aromatic heterocycles. The third kappa shape index (κ3) is 3.13. The second kappa shape index (κ2) is 6.13. The van der Waals surface area contributed by atoms with E-state index in [2.05, 4.69) is 5.16 Å². The van der Waals surface area contributed by atoms with Crippen LogP contribution >= 0.6 is 0 Å². The first-order valence-corrected chi connectivity index (χ1v) is 8.69. The third-order valence-corrected chi connectivity index (χ3v) is 5.75. The van der Waals surface area contributed by atoms with Gasteiger partial charge in [-0.2, -0.15) is 4.31 Å². The number of piperazine rings is 1. The van der Waals surface area contributed by atoms with E-state index in [0.29, 0.717) is 13.1 Å². The first-order valence-electron chi connectivity index (χ1n) is 7.25. The number of aromatic nitrogens is 1. The molecule has 0 atom stereocenters. The molecule has 2 aromatic rings. The third-order valence-electron chi connectivity index (χ3n) is 3.83. The van der Waals surface area contributed by atoms with Gasteiger partial charge in [0, 0.05) is 32.2 Å². The maximum Gasteiger partial charge on any atom is 0.292 e. The predicted octanol–water partition coefficient (Wildman–Crippen LogP) is 1.13. The lowest BCUT2D eigenvalue weighted by atomic mass is 10.2. The lowest BCUT2D eigenvalue weighted by Gasteiger charge is -2.33. The van der Waals surface area contributed by atoms with Gasteiger partial charge in [0.25, 0.3) is 5.91 Å². The zero-order valence-corrected chi connectivity index (χ0v) is 13.5. The minimum Gasteiger partial charge on any atom is -0.351 e. The highest BCUT2D eigenvalue weighted by Crippen LogP contribution is 2.19. The molecule has 3 rings (SSSR count). The summed E-state index contributed by atoms with van der Waals surface area (Å²) < 4.78 is 31.5. The quantitative estimate of drug-likeness (QED) is 0.839. The number of rotatable bonds is 3. The Balaban J connectivity index is 1.69. The smallest absolute Gasteiger partial charge is 0.292 e. The molecule has 122 valence electrons. The SMILES string of the molecule is Cc1ccc(S(=O)(=O)N2CCN(C(=O)c3ccno3)CC2)cc1. The minimum atomic E-state index is -3.52. The van der Waals surface area contributed by atoms with Crippen LogP contribution in [0.2, 0.25) is 0 Å². The summed E-state index contributed by atoms with van der Waals surface area (Å²) in [5.41, 5.74) is 1.01. The molecule has 2 heterocycles. The van der Waals surface area contributed by atoms with Crippen molar-refractivity contribution in [3.8, 4) is 0 Å². The number of hydrogen-bond acceptors (Lipinski definition) is 5. The Bertz CT molecular complexity index is 777. The molecule has 1 fully saturated rings. The van der Waals surface area contributed by atoms with Gasteiger partial charge >= 0.3 is 0 Å². The molecule has 0 spiro atoms. The van der Waals surface area contributed by atoms with Gasteiger partial charge in [-0.3, -0.25) is 4.79 Å². The van der Waals surface area contributed by atoms with E-state index in [1.165, 1.54) is 16.6 Å². The zero-order valence-electron chi connectivity index (χ0n) is 12.7. The van der Waals surface area contributed by atoms with Crippen LogP contribution in [0.15, 0.2) is 45.9 Å². The van der Waals surface area contributed by atoms with E-state index < -0.39 is 10.0 Å². The Morgan fingerprint density at radius 1 is 1.09 bits per heavy atom. The van der Waals surface area contributed by atoms with Crippen molar-refractivity contribution in [1.29, 1.82) is 0 Å². The van der Waals surface area contributed by atoms with Gasteiger partial charge in [-0.25, -0.2) is 8.42 Å². The van der Waals surface area contributed by atoms with Crippen molar-refractivity contribution in [1.82, 2.24) is 14.4 Å². The van der Waals surface area contributed by atoms with E-state index >= 15 is 0 Å². The van der Waals surface area contributed by atoms with Crippen molar-refractivity contribution in [2.24, 2.45) is 0 Å². The summed E-state index contributed by atoms with van der Waals surface area (Å²) in [5.74, 6) is -0.102. The Hall–Kier alpha value is -2.19. The minimum absolute atomic E-state index is 0.167. The summed E-state index contributed by atoms with van der Waals surface area (Å²) in [6, 6.07) is 8.26. The molecule has 1 saturated heterocycles. The fraction of sp³-hybridized carbons (Fsp3) is 0.333. The zero-order chi connectivity index (χ0) is 16.4. The van der Waals surface area contributed by atoms with Crippen LogP contribution in [0.5, 0.6) is 0 Å². The van der Waals surface area contributed by atoms with Gasteiger partial charge in [0.05, 0.1) is 11.1 Å². The molecule has 0 radical (unpaired) electrons. The molecule has 0 unspecified atom stereocenters. The molecule has 0 saturated carbocycles. The van der Waals surface area contributed by atoms with Crippen molar-refractivity contribution in [3.05, 3.63) is 47.9 Å². The highest BCUT2D eigenvalue weighted by molar-refractivity contribution is 7.89. The molecule has 1 aliphatic heterocycles. The van der Waals surface area contributed by atoms with Crippen LogP contribution in [-0.2, 0) is 10.0 Å². The fourth-order valence-electron chi connectivity index (χ4n) is 2.47. The summed E-state index contributed by atoms with van der Waals surface area (Å²) in [5, 5.41) is 3.51. The van der Waals surface area contributed by atoms with E-state index in [1.54, 1.807) is 29.2 Å². The summed E-state index contributed by atoms with van der Waals surface area (Å²) in [7, 11) is -3.52. The fourth-order valence-corrected chi connectivity index (χ4v) is 3.89. The summed E-state index contributed by atoms with van der Waals surface area (Å²) in [6.45, 7) is 3.08. The van der Waals surface area contributed by atoms with Crippen LogP contribution in [0.4, 0.5) is 0 Å². The largest absolute Gasteiger partial charge is 0.351 e. The highest BCUT2D eigenvalue weighted by atomic mass is 32.2. The first-order chi connectivity index (χ1) is 11.0. The average molecular weight is 335 g/mol. The maximum absolute atomic E-state index is 12.6. The van der Waals surface area contributed by atoms with Crippen molar-refractivity contribution in [3.63, 3.8) is 0 Å². The second-order valence-electron chi connectivity index (χ2n) is 5.39. The van der Waals surface area contributed by atoms with Crippen LogP contribution < -0.4 is 0 Å².